The van der Waals surface area contributed by atoms with Crippen LogP contribution < -0.4 is 11.1 Å². The van der Waals surface area contributed by atoms with Crippen LogP contribution in [0, 0.1) is 5.41 Å². The molecular formula is C17H21ClN6O2. The van der Waals surface area contributed by atoms with Gasteiger partial charge in [0.25, 0.3) is 5.89 Å². The summed E-state index contributed by atoms with van der Waals surface area (Å²) in [6.45, 7) is 3.44. The number of halogens is 1. The zero-order valence-corrected chi connectivity index (χ0v) is 15.3. The molecule has 0 unspecified atom stereocenters. The molecule has 2 aromatic heterocycles. The summed E-state index contributed by atoms with van der Waals surface area (Å²) in [4.78, 5) is 18.7. The van der Waals surface area contributed by atoms with Gasteiger partial charge in [-0.25, -0.2) is 4.98 Å². The molecule has 1 aliphatic heterocycles. The summed E-state index contributed by atoms with van der Waals surface area (Å²) in [5, 5.41) is 11.3. The number of nitrogens with two attached hydrogens (primary N) is 1. The molecule has 1 spiro atoms. The molecule has 9 heteroatoms. The number of amides is 1. The molecule has 26 heavy (non-hydrogen) atoms. The zero-order chi connectivity index (χ0) is 18.3. The summed E-state index contributed by atoms with van der Waals surface area (Å²) in [6.07, 6.45) is 6.31. The van der Waals surface area contributed by atoms with E-state index in [4.69, 9.17) is 21.8 Å². The predicted octanol–water partition coefficient (Wildman–Crippen LogP) is 2.57. The van der Waals surface area contributed by atoms with E-state index in [9.17, 15) is 4.79 Å². The first-order valence-electron chi connectivity index (χ1n) is 8.76. The number of hydrogen-bond donors (Lipinski definition) is 2. The molecule has 0 radical (unpaired) electrons. The smallest absolute Gasteiger partial charge is 0.316 e. The maximum Gasteiger partial charge on any atom is 0.316 e. The Labute approximate surface area is 156 Å². The van der Waals surface area contributed by atoms with Gasteiger partial charge in [0.15, 0.2) is 5.69 Å². The molecule has 2 aliphatic rings. The number of aromatic nitrogens is 3. The highest BCUT2D eigenvalue weighted by Gasteiger charge is 2.45. The van der Waals surface area contributed by atoms with Crippen LogP contribution in [0.25, 0.3) is 11.6 Å². The van der Waals surface area contributed by atoms with Crippen LogP contribution in [0.3, 0.4) is 0 Å². The van der Waals surface area contributed by atoms with Crippen molar-refractivity contribution in [1.82, 2.24) is 20.1 Å². The van der Waals surface area contributed by atoms with Gasteiger partial charge in [0.1, 0.15) is 6.04 Å². The summed E-state index contributed by atoms with van der Waals surface area (Å²) >= 11 is 5.84. The van der Waals surface area contributed by atoms with E-state index in [2.05, 4.69) is 20.5 Å². The van der Waals surface area contributed by atoms with Crippen molar-refractivity contribution in [2.45, 2.75) is 38.6 Å². The van der Waals surface area contributed by atoms with Crippen molar-refractivity contribution in [2.24, 2.45) is 5.41 Å². The van der Waals surface area contributed by atoms with E-state index >= 15 is 0 Å². The van der Waals surface area contributed by atoms with Gasteiger partial charge in [-0.2, -0.15) is 0 Å². The molecule has 3 N–H and O–H groups in total. The highest BCUT2D eigenvalue weighted by atomic mass is 35.5. The van der Waals surface area contributed by atoms with Crippen molar-refractivity contribution in [3.63, 3.8) is 0 Å². The van der Waals surface area contributed by atoms with Gasteiger partial charge in [0.2, 0.25) is 5.91 Å². The quantitative estimate of drug-likeness (QED) is 0.843. The van der Waals surface area contributed by atoms with Gasteiger partial charge in [-0.15, -0.1) is 5.10 Å². The van der Waals surface area contributed by atoms with Crippen LogP contribution in [0.5, 0.6) is 0 Å². The third-order valence-electron chi connectivity index (χ3n) is 5.31. The molecule has 1 atom stereocenters. The molecule has 4 rings (SSSR count). The Bertz CT molecular complexity index is 824. The second kappa shape index (κ2) is 6.42. The van der Waals surface area contributed by atoms with Crippen molar-refractivity contribution >= 4 is 29.2 Å². The number of nitrogen functional groups attached to an aromatic ring is 1. The minimum Gasteiger partial charge on any atom is -0.402 e. The largest absolute Gasteiger partial charge is 0.402 e. The average Bonchev–Trinajstić information content (AvgIpc) is 3.21. The standard InChI is InChI=1S/C17H21ClN6O2/c1-10(15(25)24-6-4-17(2-3-17)5-7-24)21-16-23-22-14(26-16)13-12(19)8-11(18)9-20-13/h8-10H,2-7,19H2,1H3,(H,21,23)/t10-/m0/s1. The van der Waals surface area contributed by atoms with Crippen LogP contribution in [-0.4, -0.2) is 45.1 Å². The first-order valence-corrected chi connectivity index (χ1v) is 9.14. The van der Waals surface area contributed by atoms with Gasteiger partial charge in [0, 0.05) is 19.3 Å². The molecule has 2 fully saturated rings. The van der Waals surface area contributed by atoms with E-state index in [1.54, 1.807) is 13.0 Å². The fourth-order valence-corrected chi connectivity index (χ4v) is 3.58. The molecule has 1 amide bonds. The number of hydrogen-bond acceptors (Lipinski definition) is 7. The molecule has 1 aliphatic carbocycles. The topological polar surface area (TPSA) is 110 Å². The highest BCUT2D eigenvalue weighted by Crippen LogP contribution is 2.53. The van der Waals surface area contributed by atoms with E-state index < -0.39 is 6.04 Å². The number of piperidine rings is 1. The first-order chi connectivity index (χ1) is 12.5. The lowest BCUT2D eigenvalue weighted by molar-refractivity contribution is -0.133. The third-order valence-corrected chi connectivity index (χ3v) is 5.52. The summed E-state index contributed by atoms with van der Waals surface area (Å²) in [7, 11) is 0. The number of likely N-dealkylation sites (tertiary alicyclic amines) is 1. The van der Waals surface area contributed by atoms with Gasteiger partial charge in [-0.3, -0.25) is 4.79 Å². The average molecular weight is 377 g/mol. The minimum absolute atomic E-state index is 0.0457. The van der Waals surface area contributed by atoms with E-state index in [-0.39, 0.29) is 17.8 Å². The Hall–Kier alpha value is -2.35. The number of carbonyl (C=O) groups is 1. The summed E-state index contributed by atoms with van der Waals surface area (Å²) < 4.78 is 5.55. The van der Waals surface area contributed by atoms with Crippen LogP contribution in [0.15, 0.2) is 16.7 Å². The lowest BCUT2D eigenvalue weighted by atomic mass is 9.93. The molecular weight excluding hydrogens is 356 g/mol. The highest BCUT2D eigenvalue weighted by molar-refractivity contribution is 6.30. The second-order valence-electron chi connectivity index (χ2n) is 7.20. The second-order valence-corrected chi connectivity index (χ2v) is 7.63. The number of pyridine rings is 1. The lowest BCUT2D eigenvalue weighted by Gasteiger charge is -2.33. The molecule has 138 valence electrons. The van der Waals surface area contributed by atoms with Crippen molar-refractivity contribution in [3.8, 4) is 11.6 Å². The SMILES string of the molecule is C[C@H](Nc1nnc(-c2ncc(Cl)cc2N)o1)C(=O)N1CCC2(CC1)CC2. The third kappa shape index (κ3) is 3.33. The summed E-state index contributed by atoms with van der Waals surface area (Å²) in [5.41, 5.74) is 7.13. The lowest BCUT2D eigenvalue weighted by Crippen LogP contribution is -2.45. The van der Waals surface area contributed by atoms with Crippen molar-refractivity contribution < 1.29 is 9.21 Å². The van der Waals surface area contributed by atoms with E-state index in [1.165, 1.54) is 19.0 Å². The van der Waals surface area contributed by atoms with Crippen molar-refractivity contribution in [3.05, 3.63) is 17.3 Å². The fraction of sp³-hybridized carbons (Fsp3) is 0.529. The van der Waals surface area contributed by atoms with Gasteiger partial charge in [0.05, 0.1) is 10.7 Å². The number of rotatable bonds is 4. The maximum atomic E-state index is 12.6. The number of carbonyl (C=O) groups excluding carboxylic acids is 1. The molecule has 0 bridgehead atoms. The van der Waals surface area contributed by atoms with Gasteiger partial charge in [-0.05, 0) is 44.1 Å². The monoisotopic (exact) mass is 376 g/mol. The van der Waals surface area contributed by atoms with Crippen molar-refractivity contribution in [1.29, 1.82) is 0 Å². The number of anilines is 2. The Morgan fingerprint density at radius 3 is 2.73 bits per heavy atom. The molecule has 8 nitrogen and oxygen atoms in total. The molecule has 3 heterocycles. The Kier molecular flexibility index (Phi) is 4.22. The van der Waals surface area contributed by atoms with Crippen LogP contribution in [0.2, 0.25) is 5.02 Å². The predicted molar refractivity (Wildman–Crippen MR) is 97.5 cm³/mol. The molecule has 0 aromatic carbocycles. The normalized spacial score (nSPS) is 19.4. The van der Waals surface area contributed by atoms with E-state index in [0.717, 1.165) is 25.9 Å². The maximum absolute atomic E-state index is 12.6. The van der Waals surface area contributed by atoms with Gasteiger partial charge >= 0.3 is 6.01 Å². The Balaban J connectivity index is 1.39. The van der Waals surface area contributed by atoms with Gasteiger partial charge < -0.3 is 20.4 Å². The van der Waals surface area contributed by atoms with E-state index in [1.807, 2.05) is 4.90 Å². The number of nitrogens with one attached hydrogen (secondary N) is 1. The van der Waals surface area contributed by atoms with Crippen molar-refractivity contribution in [2.75, 3.05) is 24.1 Å². The fourth-order valence-electron chi connectivity index (χ4n) is 3.41. The first kappa shape index (κ1) is 17.1. The molecule has 2 aromatic rings. The van der Waals surface area contributed by atoms with Crippen LogP contribution in [0.1, 0.15) is 32.6 Å². The zero-order valence-electron chi connectivity index (χ0n) is 14.5. The van der Waals surface area contributed by atoms with Gasteiger partial charge in [-0.1, -0.05) is 16.7 Å². The van der Waals surface area contributed by atoms with E-state index in [0.29, 0.717) is 21.8 Å². The molecule has 1 saturated heterocycles. The van der Waals surface area contributed by atoms with Crippen LogP contribution in [-0.2, 0) is 4.79 Å². The van der Waals surface area contributed by atoms with Crippen LogP contribution >= 0.6 is 11.6 Å². The minimum atomic E-state index is -0.452. The van der Waals surface area contributed by atoms with Crippen LogP contribution in [0.4, 0.5) is 11.7 Å². The molecule has 1 saturated carbocycles. The Morgan fingerprint density at radius 2 is 2.08 bits per heavy atom. The summed E-state index contributed by atoms with van der Waals surface area (Å²) in [5.74, 6) is 0.222. The summed E-state index contributed by atoms with van der Waals surface area (Å²) in [6, 6.07) is 1.27. The Morgan fingerprint density at radius 1 is 1.35 bits per heavy atom. The number of nitrogens with zero attached hydrogens (tertiary/aromatic N) is 4.